The molecule has 134 valence electrons. The number of hydrogen-bond donors (Lipinski definition) is 4. The van der Waals surface area contributed by atoms with Crippen LogP contribution in [0.5, 0.6) is 11.5 Å². The van der Waals surface area contributed by atoms with Gasteiger partial charge in [-0.15, -0.1) is 4.98 Å². The lowest BCUT2D eigenvalue weighted by Gasteiger charge is -2.09. The number of alkyl halides is 3. The summed E-state index contributed by atoms with van der Waals surface area (Å²) in [6, 6.07) is 5.17. The van der Waals surface area contributed by atoms with Crippen LogP contribution in [-0.4, -0.2) is 30.1 Å². The van der Waals surface area contributed by atoms with Crippen LogP contribution in [0.25, 0.3) is 0 Å². The van der Waals surface area contributed by atoms with Crippen LogP contribution in [0.4, 0.5) is 24.8 Å². The van der Waals surface area contributed by atoms with E-state index in [9.17, 15) is 18.0 Å². The standard InChI is InChI=1S/C14H14F3N5O3/c1-24-7-3-4-9(25-2)8(5-7)19-12(18)22-13-20-10(14(15,16)17)6-11(23)21-13/h3-6H,1-2H3,(H4,18,19,20,21,22,23)/p+1. The molecule has 1 aromatic carbocycles. The van der Waals surface area contributed by atoms with Gasteiger partial charge in [0.2, 0.25) is 0 Å². The van der Waals surface area contributed by atoms with Crippen molar-refractivity contribution >= 4 is 17.6 Å². The fourth-order valence-corrected chi connectivity index (χ4v) is 1.88. The highest BCUT2D eigenvalue weighted by atomic mass is 19.4. The number of methoxy groups -OCH3 is 2. The lowest BCUT2D eigenvalue weighted by Crippen LogP contribution is -2.73. The largest absolute Gasteiger partial charge is 0.497 e. The first-order valence-corrected chi connectivity index (χ1v) is 6.80. The Labute approximate surface area is 139 Å². The Balaban J connectivity index is 2.34. The van der Waals surface area contributed by atoms with Crippen molar-refractivity contribution in [2.75, 3.05) is 19.5 Å². The Kier molecular flexibility index (Phi) is 5.15. The summed E-state index contributed by atoms with van der Waals surface area (Å²) in [5, 5.41) is 2.70. The molecule has 5 N–H and O–H groups in total. The molecule has 0 saturated carbocycles. The van der Waals surface area contributed by atoms with Gasteiger partial charge in [-0.3, -0.25) is 10.1 Å². The second-order valence-electron chi connectivity index (χ2n) is 4.71. The number of anilines is 1. The average molecular weight is 358 g/mol. The van der Waals surface area contributed by atoms with Crippen molar-refractivity contribution < 1.29 is 27.6 Å². The molecule has 0 aliphatic rings. The fourth-order valence-electron chi connectivity index (χ4n) is 1.88. The third kappa shape index (κ3) is 4.62. The van der Waals surface area contributed by atoms with Crippen LogP contribution in [0.2, 0.25) is 0 Å². The molecule has 0 unspecified atom stereocenters. The molecule has 1 heterocycles. The summed E-state index contributed by atoms with van der Waals surface area (Å²) in [7, 11) is 2.90. The first-order chi connectivity index (χ1) is 11.7. The van der Waals surface area contributed by atoms with E-state index in [1.54, 1.807) is 18.2 Å². The van der Waals surface area contributed by atoms with Gasteiger partial charge in [0.05, 0.1) is 20.3 Å². The van der Waals surface area contributed by atoms with Crippen molar-refractivity contribution in [2.24, 2.45) is 5.73 Å². The highest BCUT2D eigenvalue weighted by Gasteiger charge is 2.35. The summed E-state index contributed by atoms with van der Waals surface area (Å²) in [6.45, 7) is 0. The molecule has 1 aromatic heterocycles. The van der Waals surface area contributed by atoms with Crippen molar-refractivity contribution in [3.8, 4) is 11.5 Å². The number of ether oxygens (including phenoxy) is 2. The van der Waals surface area contributed by atoms with E-state index in [0.717, 1.165) is 0 Å². The predicted octanol–water partition coefficient (Wildman–Crippen LogP) is -0.0552. The SMILES string of the molecule is COc1ccc(OC)c(NC(N)=[NH+]c2nc(C(F)(F)F)cc(=O)[nH]2)c1. The quantitative estimate of drug-likeness (QED) is 0.450. The number of guanidine groups is 1. The maximum atomic E-state index is 12.7. The summed E-state index contributed by atoms with van der Waals surface area (Å²) in [5.74, 6) is 0.262. The molecule has 0 aliphatic heterocycles. The van der Waals surface area contributed by atoms with Gasteiger partial charge in [0.1, 0.15) is 11.4 Å². The number of nitrogens with zero attached hydrogens (tertiary/aromatic N) is 1. The minimum Gasteiger partial charge on any atom is -0.497 e. The fraction of sp³-hybridized carbons (Fsp3) is 0.214. The molecule has 0 atom stereocenters. The van der Waals surface area contributed by atoms with E-state index in [4.69, 9.17) is 15.2 Å². The van der Waals surface area contributed by atoms with E-state index < -0.39 is 23.4 Å². The number of halogens is 3. The van der Waals surface area contributed by atoms with E-state index in [1.165, 1.54) is 14.2 Å². The minimum atomic E-state index is -4.76. The third-order valence-corrected chi connectivity index (χ3v) is 2.96. The summed E-state index contributed by atoms with van der Waals surface area (Å²) in [6.07, 6.45) is -4.76. The highest BCUT2D eigenvalue weighted by molar-refractivity contribution is 5.90. The number of nitrogens with two attached hydrogens (primary N) is 1. The van der Waals surface area contributed by atoms with Gasteiger partial charge in [-0.25, -0.2) is 9.98 Å². The number of nitrogens with one attached hydrogen (secondary N) is 3. The number of aromatic amines is 1. The smallest absolute Gasteiger partial charge is 0.443 e. The van der Waals surface area contributed by atoms with Crippen LogP contribution in [0.3, 0.4) is 0 Å². The van der Waals surface area contributed by atoms with Gasteiger partial charge in [0.15, 0.2) is 11.4 Å². The van der Waals surface area contributed by atoms with Crippen LogP contribution < -0.4 is 31.1 Å². The van der Waals surface area contributed by atoms with E-state index in [1.807, 2.05) is 0 Å². The zero-order valence-corrected chi connectivity index (χ0v) is 13.2. The van der Waals surface area contributed by atoms with Gasteiger partial charge in [-0.2, -0.15) is 13.2 Å². The van der Waals surface area contributed by atoms with Crippen LogP contribution in [0, 0.1) is 0 Å². The molecule has 0 radical (unpaired) electrons. The zero-order valence-electron chi connectivity index (χ0n) is 13.2. The number of H-pyrrole nitrogens is 1. The van der Waals surface area contributed by atoms with Gasteiger partial charge >= 0.3 is 12.1 Å². The molecule has 2 aromatic rings. The van der Waals surface area contributed by atoms with Gasteiger partial charge in [-0.05, 0) is 12.1 Å². The number of benzene rings is 1. The second-order valence-corrected chi connectivity index (χ2v) is 4.71. The molecule has 0 aliphatic carbocycles. The molecule has 0 amide bonds. The van der Waals surface area contributed by atoms with Crippen LogP contribution in [-0.2, 0) is 6.18 Å². The maximum absolute atomic E-state index is 12.7. The van der Waals surface area contributed by atoms with Gasteiger partial charge < -0.3 is 15.2 Å². The molecule has 0 bridgehead atoms. The molecule has 0 fully saturated rings. The molecular formula is C14H15F3N5O3+. The monoisotopic (exact) mass is 358 g/mol. The lowest BCUT2D eigenvalue weighted by molar-refractivity contribution is -0.366. The summed E-state index contributed by atoms with van der Waals surface area (Å²) >= 11 is 0. The Hall–Kier alpha value is -3.24. The van der Waals surface area contributed by atoms with Gasteiger partial charge in [0.25, 0.3) is 11.5 Å². The molecule has 11 heteroatoms. The van der Waals surface area contributed by atoms with Crippen molar-refractivity contribution in [3.05, 3.63) is 40.3 Å². The summed E-state index contributed by atoms with van der Waals surface area (Å²) < 4.78 is 48.3. The van der Waals surface area contributed by atoms with Crippen molar-refractivity contribution in [2.45, 2.75) is 6.18 Å². The van der Waals surface area contributed by atoms with Crippen molar-refractivity contribution in [1.82, 2.24) is 9.97 Å². The normalized spacial score (nSPS) is 12.0. The van der Waals surface area contributed by atoms with E-state index in [-0.39, 0.29) is 5.96 Å². The Morgan fingerprint density at radius 1 is 1.28 bits per heavy atom. The third-order valence-electron chi connectivity index (χ3n) is 2.96. The minimum absolute atomic E-state index is 0.186. The first-order valence-electron chi connectivity index (χ1n) is 6.80. The average Bonchev–Trinajstić information content (AvgIpc) is 2.53. The van der Waals surface area contributed by atoms with Crippen LogP contribution in [0.15, 0.2) is 29.1 Å². The van der Waals surface area contributed by atoms with Crippen molar-refractivity contribution in [3.63, 3.8) is 0 Å². The summed E-state index contributed by atoms with van der Waals surface area (Å²) in [5.41, 5.74) is 3.79. The maximum Gasteiger partial charge on any atom is 0.443 e. The predicted molar refractivity (Wildman–Crippen MR) is 82.8 cm³/mol. The van der Waals surface area contributed by atoms with E-state index in [0.29, 0.717) is 23.3 Å². The van der Waals surface area contributed by atoms with E-state index in [2.05, 4.69) is 20.3 Å². The zero-order chi connectivity index (χ0) is 18.6. The molecule has 0 saturated heterocycles. The van der Waals surface area contributed by atoms with Gasteiger partial charge in [-0.1, -0.05) is 0 Å². The molecule has 8 nitrogen and oxygen atoms in total. The van der Waals surface area contributed by atoms with Crippen LogP contribution >= 0.6 is 0 Å². The first kappa shape index (κ1) is 18.1. The number of aromatic nitrogens is 2. The molecule has 2 rings (SSSR count). The lowest BCUT2D eigenvalue weighted by atomic mass is 10.2. The Morgan fingerprint density at radius 2 is 2.00 bits per heavy atom. The highest BCUT2D eigenvalue weighted by Crippen LogP contribution is 2.28. The topological polar surface area (TPSA) is 116 Å². The summed E-state index contributed by atoms with van der Waals surface area (Å²) in [4.78, 5) is 19.1. The molecular weight excluding hydrogens is 343 g/mol. The van der Waals surface area contributed by atoms with Crippen molar-refractivity contribution in [1.29, 1.82) is 0 Å². The van der Waals surface area contributed by atoms with E-state index >= 15 is 0 Å². The Bertz CT molecular complexity index is 848. The Morgan fingerprint density at radius 3 is 2.60 bits per heavy atom. The number of hydrogen-bond acceptors (Lipinski definition) is 4. The number of rotatable bonds is 4. The second kappa shape index (κ2) is 7.11. The molecule has 25 heavy (non-hydrogen) atoms. The van der Waals surface area contributed by atoms with Gasteiger partial charge in [0, 0.05) is 6.07 Å². The van der Waals surface area contributed by atoms with Crippen LogP contribution in [0.1, 0.15) is 5.69 Å². The molecule has 0 spiro atoms.